The van der Waals surface area contributed by atoms with E-state index in [0.717, 1.165) is 50.2 Å². The zero-order valence-corrected chi connectivity index (χ0v) is 16.2. The van der Waals surface area contributed by atoms with Crippen LogP contribution < -0.4 is 4.74 Å². The maximum atomic E-state index is 10.8. The van der Waals surface area contributed by atoms with Crippen LogP contribution in [-0.2, 0) is 11.8 Å². The largest absolute Gasteiger partial charge is 0.497 e. The van der Waals surface area contributed by atoms with Gasteiger partial charge in [0, 0.05) is 30.6 Å². The standard InChI is InChI=1S/C22H28N2O3/c1-3-12-22(19-5-4-6-21(16-19)27-2)13-15-23(17-22)14-11-18-7-9-20(10-8-18)24(25)26/h4-10,16H,3,11-15,17H2,1-2H3. The van der Waals surface area contributed by atoms with Crippen molar-refractivity contribution in [3.63, 3.8) is 0 Å². The first-order chi connectivity index (χ1) is 13.1. The minimum Gasteiger partial charge on any atom is -0.497 e. The molecule has 0 bridgehead atoms. The quantitative estimate of drug-likeness (QED) is 0.505. The van der Waals surface area contributed by atoms with Gasteiger partial charge in [0.25, 0.3) is 5.69 Å². The second kappa shape index (κ2) is 8.53. The average molecular weight is 368 g/mol. The van der Waals surface area contributed by atoms with Gasteiger partial charge in [-0.05, 0) is 49.1 Å². The molecule has 0 spiro atoms. The summed E-state index contributed by atoms with van der Waals surface area (Å²) < 4.78 is 5.43. The summed E-state index contributed by atoms with van der Waals surface area (Å²) in [6.07, 6.45) is 4.41. The van der Waals surface area contributed by atoms with E-state index in [0.29, 0.717) is 0 Å². The number of nitro benzene ring substituents is 1. The number of non-ortho nitro benzene ring substituents is 1. The van der Waals surface area contributed by atoms with Crippen LogP contribution in [0, 0.1) is 10.1 Å². The van der Waals surface area contributed by atoms with Gasteiger partial charge < -0.3 is 9.64 Å². The minimum atomic E-state index is -0.350. The Labute approximate surface area is 161 Å². The van der Waals surface area contributed by atoms with E-state index in [1.54, 1.807) is 19.2 Å². The fourth-order valence-electron chi connectivity index (χ4n) is 4.24. The van der Waals surface area contributed by atoms with Gasteiger partial charge in [0.1, 0.15) is 5.75 Å². The summed E-state index contributed by atoms with van der Waals surface area (Å²) >= 11 is 0. The molecule has 5 heteroatoms. The molecule has 1 saturated heterocycles. The number of ether oxygens (including phenoxy) is 1. The number of nitro groups is 1. The van der Waals surface area contributed by atoms with Crippen LogP contribution in [0.1, 0.15) is 37.3 Å². The van der Waals surface area contributed by atoms with Crippen LogP contribution in [0.5, 0.6) is 5.75 Å². The molecule has 0 N–H and O–H groups in total. The first kappa shape index (κ1) is 19.4. The lowest BCUT2D eigenvalue weighted by Crippen LogP contribution is -2.32. The van der Waals surface area contributed by atoms with Crippen LogP contribution in [0.2, 0.25) is 0 Å². The fourth-order valence-corrected chi connectivity index (χ4v) is 4.24. The monoisotopic (exact) mass is 368 g/mol. The predicted octanol–water partition coefficient (Wildman–Crippen LogP) is 4.59. The molecule has 2 aromatic carbocycles. The van der Waals surface area contributed by atoms with Crippen molar-refractivity contribution >= 4 is 5.69 Å². The summed E-state index contributed by atoms with van der Waals surface area (Å²) in [5.74, 6) is 0.923. The summed E-state index contributed by atoms with van der Waals surface area (Å²) in [4.78, 5) is 13.0. The van der Waals surface area contributed by atoms with Gasteiger partial charge >= 0.3 is 0 Å². The summed E-state index contributed by atoms with van der Waals surface area (Å²) in [6, 6.07) is 15.4. The van der Waals surface area contributed by atoms with E-state index in [4.69, 9.17) is 4.74 Å². The minimum absolute atomic E-state index is 0.153. The van der Waals surface area contributed by atoms with Crippen molar-refractivity contribution in [2.45, 2.75) is 38.0 Å². The molecule has 1 fully saturated rings. The van der Waals surface area contributed by atoms with Gasteiger partial charge in [-0.3, -0.25) is 10.1 Å². The van der Waals surface area contributed by atoms with Crippen molar-refractivity contribution in [1.29, 1.82) is 0 Å². The molecule has 1 aliphatic heterocycles. The molecule has 3 rings (SSSR count). The molecule has 27 heavy (non-hydrogen) atoms. The second-order valence-corrected chi connectivity index (χ2v) is 7.46. The van der Waals surface area contributed by atoms with Crippen molar-refractivity contribution in [1.82, 2.24) is 4.90 Å². The van der Waals surface area contributed by atoms with E-state index < -0.39 is 0 Å². The highest BCUT2D eigenvalue weighted by Crippen LogP contribution is 2.39. The molecular weight excluding hydrogens is 340 g/mol. The van der Waals surface area contributed by atoms with Gasteiger partial charge in [-0.2, -0.15) is 0 Å². The highest BCUT2D eigenvalue weighted by molar-refractivity contribution is 5.36. The van der Waals surface area contributed by atoms with Crippen LogP contribution in [0.3, 0.4) is 0 Å². The number of methoxy groups -OCH3 is 1. The van der Waals surface area contributed by atoms with Crippen LogP contribution >= 0.6 is 0 Å². The van der Waals surface area contributed by atoms with E-state index in [9.17, 15) is 10.1 Å². The number of likely N-dealkylation sites (tertiary alicyclic amines) is 1. The number of hydrogen-bond donors (Lipinski definition) is 0. The van der Waals surface area contributed by atoms with Crippen LogP contribution in [-0.4, -0.2) is 36.6 Å². The molecular formula is C22H28N2O3. The van der Waals surface area contributed by atoms with Crippen molar-refractivity contribution < 1.29 is 9.66 Å². The molecule has 1 atom stereocenters. The van der Waals surface area contributed by atoms with Crippen molar-refractivity contribution in [2.24, 2.45) is 0 Å². The lowest BCUT2D eigenvalue weighted by molar-refractivity contribution is -0.384. The van der Waals surface area contributed by atoms with E-state index in [1.807, 2.05) is 18.2 Å². The van der Waals surface area contributed by atoms with Gasteiger partial charge in [0.05, 0.1) is 12.0 Å². The first-order valence-electron chi connectivity index (χ1n) is 9.66. The average Bonchev–Trinajstić information content (AvgIpc) is 3.11. The molecule has 1 heterocycles. The lowest BCUT2D eigenvalue weighted by atomic mass is 9.76. The zero-order chi connectivity index (χ0) is 19.3. The lowest BCUT2D eigenvalue weighted by Gasteiger charge is -2.30. The molecule has 5 nitrogen and oxygen atoms in total. The number of hydrogen-bond acceptors (Lipinski definition) is 4. The van der Waals surface area contributed by atoms with E-state index in [-0.39, 0.29) is 16.0 Å². The van der Waals surface area contributed by atoms with Gasteiger partial charge in [-0.1, -0.05) is 37.6 Å². The molecule has 0 amide bonds. The maximum Gasteiger partial charge on any atom is 0.269 e. The van der Waals surface area contributed by atoms with Crippen molar-refractivity contribution in [3.8, 4) is 5.75 Å². The molecule has 0 aliphatic carbocycles. The number of nitrogens with zero attached hydrogens (tertiary/aromatic N) is 2. The Morgan fingerprint density at radius 3 is 2.67 bits per heavy atom. The fraction of sp³-hybridized carbons (Fsp3) is 0.455. The SMILES string of the molecule is CCCC1(c2cccc(OC)c2)CCN(CCc2ccc([N+](=O)[O-])cc2)C1. The van der Waals surface area contributed by atoms with E-state index in [2.05, 4.69) is 30.0 Å². The Morgan fingerprint density at radius 1 is 1.22 bits per heavy atom. The molecule has 2 aromatic rings. The van der Waals surface area contributed by atoms with Crippen LogP contribution in [0.4, 0.5) is 5.69 Å². The Hall–Kier alpha value is -2.40. The molecule has 1 aliphatic rings. The summed E-state index contributed by atoms with van der Waals surface area (Å²) in [7, 11) is 1.72. The number of benzene rings is 2. The van der Waals surface area contributed by atoms with Gasteiger partial charge in [-0.25, -0.2) is 0 Å². The van der Waals surface area contributed by atoms with Gasteiger partial charge in [0.2, 0.25) is 0 Å². The normalized spacial score (nSPS) is 19.9. The molecule has 0 radical (unpaired) electrons. The van der Waals surface area contributed by atoms with Crippen molar-refractivity contribution in [3.05, 3.63) is 69.8 Å². The van der Waals surface area contributed by atoms with E-state index in [1.165, 1.54) is 12.0 Å². The Bertz CT molecular complexity index is 775. The summed E-state index contributed by atoms with van der Waals surface area (Å²) in [6.45, 7) is 5.37. The predicted molar refractivity (Wildman–Crippen MR) is 107 cm³/mol. The zero-order valence-electron chi connectivity index (χ0n) is 16.2. The molecule has 144 valence electrons. The van der Waals surface area contributed by atoms with Crippen LogP contribution in [0.15, 0.2) is 48.5 Å². The maximum absolute atomic E-state index is 10.8. The molecule has 0 saturated carbocycles. The summed E-state index contributed by atoms with van der Waals surface area (Å²) in [5.41, 5.74) is 2.87. The smallest absolute Gasteiger partial charge is 0.269 e. The Balaban J connectivity index is 1.66. The summed E-state index contributed by atoms with van der Waals surface area (Å²) in [5, 5.41) is 10.8. The highest BCUT2D eigenvalue weighted by Gasteiger charge is 2.38. The van der Waals surface area contributed by atoms with Gasteiger partial charge in [0.15, 0.2) is 0 Å². The third-order valence-corrected chi connectivity index (χ3v) is 5.71. The second-order valence-electron chi connectivity index (χ2n) is 7.46. The van der Waals surface area contributed by atoms with Gasteiger partial charge in [-0.15, -0.1) is 0 Å². The van der Waals surface area contributed by atoms with E-state index >= 15 is 0 Å². The first-order valence-corrected chi connectivity index (χ1v) is 9.66. The third kappa shape index (κ3) is 4.48. The third-order valence-electron chi connectivity index (χ3n) is 5.71. The van der Waals surface area contributed by atoms with Crippen LogP contribution in [0.25, 0.3) is 0 Å². The highest BCUT2D eigenvalue weighted by atomic mass is 16.6. The number of rotatable bonds is 8. The Morgan fingerprint density at radius 2 is 2.00 bits per heavy atom. The van der Waals surface area contributed by atoms with Crippen molar-refractivity contribution in [2.75, 3.05) is 26.7 Å². The Kier molecular flexibility index (Phi) is 6.11. The molecule has 0 aromatic heterocycles. The molecule has 1 unspecified atom stereocenters. The topological polar surface area (TPSA) is 55.6 Å².